The molecule has 9 nitrogen and oxygen atoms in total. The van der Waals surface area contributed by atoms with E-state index in [1.165, 1.54) is 16.4 Å². The largest absolute Gasteiger partial charge is 0.467 e. The predicted molar refractivity (Wildman–Crippen MR) is 91.4 cm³/mol. The maximum atomic E-state index is 12.8. The number of aliphatic hydroxyl groups is 1. The number of carbonyl (C=O) groups excluding carboxylic acids is 2. The molecule has 0 bridgehead atoms. The van der Waals surface area contributed by atoms with Gasteiger partial charge in [-0.15, -0.1) is 0 Å². The second-order valence-corrected chi connectivity index (χ2v) is 7.71. The minimum absolute atomic E-state index is 0.0245. The summed E-state index contributed by atoms with van der Waals surface area (Å²) in [5.74, 6) is -1.57. The molecule has 1 aliphatic rings. The lowest BCUT2D eigenvalue weighted by atomic mass is 10.2. The van der Waals surface area contributed by atoms with Gasteiger partial charge in [0, 0.05) is 18.7 Å². The summed E-state index contributed by atoms with van der Waals surface area (Å²) in [7, 11) is -2.79. The van der Waals surface area contributed by atoms with Gasteiger partial charge in [-0.3, -0.25) is 4.79 Å². The summed E-state index contributed by atoms with van der Waals surface area (Å²) in [6.45, 7) is 0.252. The zero-order chi connectivity index (χ0) is 19.3. The number of hydrogen-bond acceptors (Lipinski definition) is 7. The van der Waals surface area contributed by atoms with Crippen LogP contribution in [0.25, 0.3) is 0 Å². The molecule has 1 atom stereocenters. The number of aliphatic hydroxyl groups excluding tert-OH is 1. The van der Waals surface area contributed by atoms with Crippen molar-refractivity contribution in [2.24, 2.45) is 0 Å². The van der Waals surface area contributed by atoms with Gasteiger partial charge in [0.25, 0.3) is 5.91 Å². The van der Waals surface area contributed by atoms with Crippen molar-refractivity contribution in [2.75, 3.05) is 40.0 Å². The number of nitrogens with zero attached hydrogens (tertiary/aromatic N) is 1. The Balaban J connectivity index is 2.28. The van der Waals surface area contributed by atoms with Gasteiger partial charge in [-0.1, -0.05) is 11.6 Å². The highest BCUT2D eigenvalue weighted by Gasteiger charge is 2.29. The number of nitrogens with one attached hydrogen (secondary N) is 1. The Morgan fingerprint density at radius 2 is 2.04 bits per heavy atom. The smallest absolute Gasteiger partial charge is 0.330 e. The quantitative estimate of drug-likeness (QED) is 0.617. The van der Waals surface area contributed by atoms with Crippen molar-refractivity contribution < 1.29 is 32.6 Å². The summed E-state index contributed by atoms with van der Waals surface area (Å²) in [5, 5.41) is 11.4. The molecule has 26 heavy (non-hydrogen) atoms. The molecule has 1 fully saturated rings. The number of methoxy groups -OCH3 is 1. The van der Waals surface area contributed by atoms with Crippen LogP contribution >= 0.6 is 11.6 Å². The Hall–Kier alpha value is -1.72. The van der Waals surface area contributed by atoms with E-state index in [1.54, 1.807) is 0 Å². The summed E-state index contributed by atoms with van der Waals surface area (Å²) < 4.78 is 36.3. The summed E-state index contributed by atoms with van der Waals surface area (Å²) in [5.41, 5.74) is -0.0245. The highest BCUT2D eigenvalue weighted by atomic mass is 35.5. The average Bonchev–Trinajstić information content (AvgIpc) is 2.66. The van der Waals surface area contributed by atoms with Crippen molar-refractivity contribution in [1.82, 2.24) is 9.62 Å². The van der Waals surface area contributed by atoms with Gasteiger partial charge < -0.3 is 19.9 Å². The Labute approximate surface area is 155 Å². The third-order valence-corrected chi connectivity index (χ3v) is 6.14. The summed E-state index contributed by atoms with van der Waals surface area (Å²) >= 11 is 6.03. The molecule has 144 valence electrons. The molecular formula is C15H19ClN2O7S. The second kappa shape index (κ2) is 8.78. The van der Waals surface area contributed by atoms with Crippen molar-refractivity contribution in [2.45, 2.75) is 10.9 Å². The topological polar surface area (TPSA) is 122 Å². The molecule has 1 heterocycles. The molecule has 0 aliphatic carbocycles. The van der Waals surface area contributed by atoms with E-state index < -0.39 is 34.5 Å². The minimum atomic E-state index is -3.90. The highest BCUT2D eigenvalue weighted by molar-refractivity contribution is 7.89. The van der Waals surface area contributed by atoms with Gasteiger partial charge in [-0.25, -0.2) is 13.2 Å². The molecule has 1 saturated heterocycles. The first kappa shape index (κ1) is 20.6. The van der Waals surface area contributed by atoms with Crippen LogP contribution in [-0.2, 0) is 24.3 Å². The van der Waals surface area contributed by atoms with E-state index in [4.69, 9.17) is 16.3 Å². The standard InChI is InChI=1S/C15H19ClN2O7S/c1-24-15(21)12(9-19)17-14(20)10-2-3-11(16)13(8-10)26(22,23)18-4-6-25-7-5-18/h2-3,8,12,19H,4-7,9H2,1H3,(H,17,20)/t12-/m1/s1. The van der Waals surface area contributed by atoms with Crippen molar-refractivity contribution in [3.8, 4) is 0 Å². The predicted octanol–water partition coefficient (Wildman–Crippen LogP) is -0.375. The fraction of sp³-hybridized carbons (Fsp3) is 0.467. The number of amides is 1. The third kappa shape index (κ3) is 4.51. The highest BCUT2D eigenvalue weighted by Crippen LogP contribution is 2.26. The van der Waals surface area contributed by atoms with Crippen LogP contribution < -0.4 is 5.32 Å². The van der Waals surface area contributed by atoms with E-state index in [2.05, 4.69) is 10.1 Å². The van der Waals surface area contributed by atoms with E-state index in [9.17, 15) is 23.1 Å². The van der Waals surface area contributed by atoms with Crippen LogP contribution in [0.5, 0.6) is 0 Å². The van der Waals surface area contributed by atoms with E-state index in [0.717, 1.165) is 13.2 Å². The third-order valence-electron chi connectivity index (χ3n) is 3.75. The molecule has 0 radical (unpaired) electrons. The van der Waals surface area contributed by atoms with Crippen molar-refractivity contribution in [3.63, 3.8) is 0 Å². The zero-order valence-electron chi connectivity index (χ0n) is 14.0. The fourth-order valence-electron chi connectivity index (χ4n) is 2.33. The molecule has 0 saturated carbocycles. The van der Waals surface area contributed by atoms with Crippen LogP contribution in [-0.4, -0.2) is 75.8 Å². The first-order valence-corrected chi connectivity index (χ1v) is 9.50. The first-order valence-electron chi connectivity index (χ1n) is 7.68. The van der Waals surface area contributed by atoms with E-state index in [0.29, 0.717) is 0 Å². The van der Waals surface area contributed by atoms with Gasteiger partial charge in [-0.05, 0) is 18.2 Å². The molecule has 11 heteroatoms. The Kier molecular flexibility index (Phi) is 6.95. The molecule has 1 amide bonds. The fourth-order valence-corrected chi connectivity index (χ4v) is 4.24. The zero-order valence-corrected chi connectivity index (χ0v) is 15.5. The van der Waals surface area contributed by atoms with Crippen LogP contribution in [0.4, 0.5) is 0 Å². The van der Waals surface area contributed by atoms with Crippen molar-refractivity contribution in [1.29, 1.82) is 0 Å². The van der Waals surface area contributed by atoms with Gasteiger partial charge in [0.2, 0.25) is 10.0 Å². The van der Waals surface area contributed by atoms with Gasteiger partial charge in [0.1, 0.15) is 4.90 Å². The van der Waals surface area contributed by atoms with Crippen molar-refractivity contribution in [3.05, 3.63) is 28.8 Å². The summed E-state index contributed by atoms with van der Waals surface area (Å²) in [6.07, 6.45) is 0. The Bertz CT molecular complexity index is 778. The van der Waals surface area contributed by atoms with Gasteiger partial charge in [0.05, 0.1) is 32.0 Å². The molecule has 0 unspecified atom stereocenters. The lowest BCUT2D eigenvalue weighted by Gasteiger charge is -2.26. The number of sulfonamides is 1. The van der Waals surface area contributed by atoms with E-state index >= 15 is 0 Å². The Morgan fingerprint density at radius 3 is 2.62 bits per heavy atom. The molecule has 1 aromatic rings. The van der Waals surface area contributed by atoms with E-state index in [-0.39, 0.29) is 41.8 Å². The number of hydrogen-bond donors (Lipinski definition) is 2. The molecule has 0 spiro atoms. The monoisotopic (exact) mass is 406 g/mol. The van der Waals surface area contributed by atoms with E-state index in [1.807, 2.05) is 0 Å². The van der Waals surface area contributed by atoms with Crippen LogP contribution in [0.2, 0.25) is 5.02 Å². The molecule has 2 rings (SSSR count). The molecule has 0 aromatic heterocycles. The second-order valence-electron chi connectivity index (χ2n) is 5.39. The lowest BCUT2D eigenvalue weighted by molar-refractivity contribution is -0.143. The van der Waals surface area contributed by atoms with Crippen LogP contribution in [0.3, 0.4) is 0 Å². The van der Waals surface area contributed by atoms with Gasteiger partial charge in [0.15, 0.2) is 6.04 Å². The summed E-state index contributed by atoms with van der Waals surface area (Å²) in [6, 6.07) is 2.48. The maximum Gasteiger partial charge on any atom is 0.330 e. The van der Waals surface area contributed by atoms with Crippen molar-refractivity contribution >= 4 is 33.5 Å². The molecule has 1 aliphatic heterocycles. The number of carbonyl (C=O) groups is 2. The number of ether oxygens (including phenoxy) is 2. The van der Waals surface area contributed by atoms with Gasteiger partial charge >= 0.3 is 5.97 Å². The Morgan fingerprint density at radius 1 is 1.38 bits per heavy atom. The molecular weight excluding hydrogens is 388 g/mol. The first-order chi connectivity index (χ1) is 12.3. The van der Waals surface area contributed by atoms with Crippen LogP contribution in [0.1, 0.15) is 10.4 Å². The number of rotatable bonds is 6. The number of halogens is 1. The number of morpholine rings is 1. The normalized spacial score (nSPS) is 16.7. The number of esters is 1. The van der Waals surface area contributed by atoms with Gasteiger partial charge in [-0.2, -0.15) is 4.31 Å². The molecule has 1 aromatic carbocycles. The average molecular weight is 407 g/mol. The minimum Gasteiger partial charge on any atom is -0.467 e. The lowest BCUT2D eigenvalue weighted by Crippen LogP contribution is -2.44. The maximum absolute atomic E-state index is 12.8. The van der Waals surface area contributed by atoms with Crippen LogP contribution in [0.15, 0.2) is 23.1 Å². The van der Waals surface area contributed by atoms with Crippen LogP contribution in [0, 0.1) is 0 Å². The number of benzene rings is 1. The molecule has 2 N–H and O–H groups in total. The SMILES string of the molecule is COC(=O)[C@@H](CO)NC(=O)c1ccc(Cl)c(S(=O)(=O)N2CCOCC2)c1. The summed E-state index contributed by atoms with van der Waals surface area (Å²) in [4.78, 5) is 23.5.